The molecule has 32 heavy (non-hydrogen) atoms. The largest absolute Gasteiger partial charge is 0.340 e. The maximum Gasteiger partial charge on any atom is 0.222 e. The number of carbonyl (C=O) groups is 2. The highest BCUT2D eigenvalue weighted by Crippen LogP contribution is 2.59. The van der Waals surface area contributed by atoms with Crippen LogP contribution in [0.4, 0.5) is 0 Å². The number of hydrogen-bond acceptors (Lipinski definition) is 3. The lowest BCUT2D eigenvalue weighted by Crippen LogP contribution is -2.52. The Morgan fingerprint density at radius 1 is 1.06 bits per heavy atom. The number of hydrogen-bond donors (Lipinski definition) is 0. The summed E-state index contributed by atoms with van der Waals surface area (Å²) in [6.07, 6.45) is 13.0. The van der Waals surface area contributed by atoms with Crippen molar-refractivity contribution < 1.29 is 9.59 Å². The zero-order valence-electron chi connectivity index (χ0n) is 21.2. The first-order valence-electron chi connectivity index (χ1n) is 13.3. The number of unbranched alkanes of at least 4 members (excludes halogenated alkanes) is 5. The van der Waals surface area contributed by atoms with Crippen molar-refractivity contribution in [3.63, 3.8) is 0 Å². The summed E-state index contributed by atoms with van der Waals surface area (Å²) in [5.41, 5.74) is 1.89. The van der Waals surface area contributed by atoms with Gasteiger partial charge in [-0.25, -0.2) is 0 Å². The van der Waals surface area contributed by atoms with E-state index in [0.29, 0.717) is 23.7 Å². The second kappa shape index (κ2) is 11.7. The maximum absolute atomic E-state index is 12.5. The van der Waals surface area contributed by atoms with Gasteiger partial charge in [0.2, 0.25) is 11.8 Å². The summed E-state index contributed by atoms with van der Waals surface area (Å²) in [5.74, 6) is 2.00. The van der Waals surface area contributed by atoms with Gasteiger partial charge in [0.15, 0.2) is 0 Å². The van der Waals surface area contributed by atoms with E-state index in [9.17, 15) is 9.59 Å². The van der Waals surface area contributed by atoms with Crippen LogP contribution in [0, 0.1) is 17.3 Å². The molecule has 0 spiro atoms. The molecule has 2 amide bonds. The Labute approximate surface area is 196 Å². The maximum atomic E-state index is 12.5. The first kappa shape index (κ1) is 25.3. The van der Waals surface area contributed by atoms with Gasteiger partial charge >= 0.3 is 0 Å². The van der Waals surface area contributed by atoms with Gasteiger partial charge in [-0.15, -0.1) is 0 Å². The molecule has 2 unspecified atom stereocenters. The van der Waals surface area contributed by atoms with Gasteiger partial charge < -0.3 is 9.80 Å². The third-order valence-corrected chi connectivity index (χ3v) is 8.56. The van der Waals surface area contributed by atoms with Crippen LogP contribution in [0.2, 0.25) is 0 Å². The van der Waals surface area contributed by atoms with E-state index >= 15 is 0 Å². The predicted octanol–water partition coefficient (Wildman–Crippen LogP) is 4.72. The van der Waals surface area contributed by atoms with Crippen molar-refractivity contribution in [1.82, 2.24) is 14.7 Å². The molecule has 182 valence electrons. The average Bonchev–Trinajstić information content (AvgIpc) is 2.78. The van der Waals surface area contributed by atoms with Gasteiger partial charge in [0.05, 0.1) is 0 Å². The summed E-state index contributed by atoms with van der Waals surface area (Å²) in [6.45, 7) is 14.7. The molecule has 1 saturated heterocycles. The van der Waals surface area contributed by atoms with Crippen molar-refractivity contribution in [2.45, 2.75) is 85.5 Å². The minimum Gasteiger partial charge on any atom is -0.340 e. The van der Waals surface area contributed by atoms with E-state index in [-0.39, 0.29) is 5.91 Å². The van der Waals surface area contributed by atoms with Crippen LogP contribution in [0.25, 0.3) is 0 Å². The molecule has 0 aromatic rings. The quantitative estimate of drug-likeness (QED) is 0.322. The van der Waals surface area contributed by atoms with Crippen LogP contribution >= 0.6 is 0 Å². The molecule has 0 aromatic carbocycles. The first-order valence-corrected chi connectivity index (χ1v) is 13.3. The fourth-order valence-corrected chi connectivity index (χ4v) is 5.92. The highest BCUT2D eigenvalue weighted by atomic mass is 16.2. The van der Waals surface area contributed by atoms with Gasteiger partial charge in [-0.05, 0) is 36.5 Å². The number of amides is 2. The minimum atomic E-state index is 0.179. The second-order valence-corrected chi connectivity index (χ2v) is 11.0. The summed E-state index contributed by atoms with van der Waals surface area (Å²) in [6, 6.07) is 0. The predicted molar refractivity (Wildman–Crippen MR) is 131 cm³/mol. The van der Waals surface area contributed by atoms with E-state index in [4.69, 9.17) is 0 Å². The van der Waals surface area contributed by atoms with Gasteiger partial charge in [-0.2, -0.15) is 0 Å². The molecule has 5 heteroatoms. The number of carbonyl (C=O) groups excluding carboxylic acids is 2. The molecule has 0 radical (unpaired) electrons. The number of nitrogens with zero attached hydrogens (tertiary/aromatic N) is 3. The SMILES string of the molecule is CCCCCCCCC(=O)N1CCN(CCN(CC2=CCC3CC2C3(C)C)C(C)=O)CC1. The summed E-state index contributed by atoms with van der Waals surface area (Å²) < 4.78 is 0. The first-order chi connectivity index (χ1) is 15.3. The number of fused-ring (bicyclic) bond motifs is 1. The summed E-state index contributed by atoms with van der Waals surface area (Å²) >= 11 is 0. The fraction of sp³-hybridized carbons (Fsp3) is 0.852. The molecule has 2 bridgehead atoms. The van der Waals surface area contributed by atoms with E-state index in [0.717, 1.165) is 58.2 Å². The third-order valence-electron chi connectivity index (χ3n) is 8.56. The van der Waals surface area contributed by atoms with Crippen LogP contribution in [-0.2, 0) is 9.59 Å². The Kier molecular flexibility index (Phi) is 9.22. The Balaban J connectivity index is 1.35. The van der Waals surface area contributed by atoms with Crippen LogP contribution in [0.15, 0.2) is 11.6 Å². The number of piperazine rings is 1. The average molecular weight is 446 g/mol. The molecular formula is C27H47N3O2. The third kappa shape index (κ3) is 6.36. The fourth-order valence-electron chi connectivity index (χ4n) is 5.92. The van der Waals surface area contributed by atoms with E-state index in [1.54, 1.807) is 6.92 Å². The molecule has 0 N–H and O–H groups in total. The lowest BCUT2D eigenvalue weighted by Gasteiger charge is -2.57. The van der Waals surface area contributed by atoms with Gasteiger partial charge in [-0.3, -0.25) is 14.5 Å². The molecule has 1 heterocycles. The Morgan fingerprint density at radius 2 is 1.75 bits per heavy atom. The zero-order valence-corrected chi connectivity index (χ0v) is 21.2. The zero-order chi connectivity index (χ0) is 23.1. The van der Waals surface area contributed by atoms with E-state index in [1.807, 2.05) is 9.80 Å². The van der Waals surface area contributed by atoms with Crippen molar-refractivity contribution in [2.75, 3.05) is 45.8 Å². The van der Waals surface area contributed by atoms with Crippen molar-refractivity contribution in [2.24, 2.45) is 17.3 Å². The van der Waals surface area contributed by atoms with Crippen molar-refractivity contribution in [3.05, 3.63) is 11.6 Å². The molecule has 5 nitrogen and oxygen atoms in total. The molecule has 4 rings (SSSR count). The highest BCUT2D eigenvalue weighted by molar-refractivity contribution is 5.76. The van der Waals surface area contributed by atoms with Gasteiger partial charge in [0, 0.05) is 59.2 Å². The lowest BCUT2D eigenvalue weighted by atomic mass is 9.49. The lowest BCUT2D eigenvalue weighted by molar-refractivity contribution is -0.133. The van der Waals surface area contributed by atoms with E-state index in [2.05, 4.69) is 31.7 Å². The minimum absolute atomic E-state index is 0.179. The van der Waals surface area contributed by atoms with Gasteiger partial charge in [0.1, 0.15) is 0 Å². The Bertz CT molecular complexity index is 664. The number of rotatable bonds is 12. The topological polar surface area (TPSA) is 43.9 Å². The standard InChI is InChI=1S/C27H47N3O2/c1-5-6-7-8-9-10-11-26(32)29-17-14-28(15-18-29)16-19-30(22(2)31)21-23-12-13-24-20-25(23)27(24,3)4/h12,24-25H,5-11,13-21H2,1-4H3. The molecule has 4 aliphatic rings. The van der Waals surface area contributed by atoms with E-state index < -0.39 is 0 Å². The summed E-state index contributed by atoms with van der Waals surface area (Å²) in [4.78, 5) is 31.3. The summed E-state index contributed by atoms with van der Waals surface area (Å²) in [5, 5.41) is 0. The van der Waals surface area contributed by atoms with E-state index in [1.165, 1.54) is 50.5 Å². The van der Waals surface area contributed by atoms with Crippen LogP contribution in [0.5, 0.6) is 0 Å². The summed E-state index contributed by atoms with van der Waals surface area (Å²) in [7, 11) is 0. The molecule has 1 saturated carbocycles. The van der Waals surface area contributed by atoms with Crippen LogP contribution in [0.1, 0.15) is 85.5 Å². The van der Waals surface area contributed by atoms with Crippen molar-refractivity contribution in [3.8, 4) is 0 Å². The molecule has 3 aliphatic carbocycles. The molecule has 2 atom stereocenters. The molecule has 2 fully saturated rings. The van der Waals surface area contributed by atoms with Crippen LogP contribution in [0.3, 0.4) is 0 Å². The van der Waals surface area contributed by atoms with Crippen molar-refractivity contribution in [1.29, 1.82) is 0 Å². The molecule has 1 aliphatic heterocycles. The Morgan fingerprint density at radius 3 is 2.38 bits per heavy atom. The van der Waals surface area contributed by atoms with Crippen molar-refractivity contribution >= 4 is 11.8 Å². The molecular weight excluding hydrogens is 398 g/mol. The monoisotopic (exact) mass is 445 g/mol. The second-order valence-electron chi connectivity index (χ2n) is 11.0. The Hall–Kier alpha value is -1.36. The smallest absolute Gasteiger partial charge is 0.222 e. The number of allylic oxidation sites excluding steroid dienone is 1. The normalized spacial score (nSPS) is 24.6. The van der Waals surface area contributed by atoms with Gasteiger partial charge in [-0.1, -0.05) is 64.5 Å². The van der Waals surface area contributed by atoms with Crippen LogP contribution in [-0.4, -0.2) is 72.3 Å². The highest BCUT2D eigenvalue weighted by Gasteiger charge is 2.51. The van der Waals surface area contributed by atoms with Crippen LogP contribution < -0.4 is 0 Å². The van der Waals surface area contributed by atoms with Gasteiger partial charge in [0.25, 0.3) is 0 Å². The molecule has 0 aromatic heterocycles.